The lowest BCUT2D eigenvalue weighted by Crippen LogP contribution is -2.31. The second kappa shape index (κ2) is 4.64. The first-order valence-electron chi connectivity index (χ1n) is 5.87. The predicted octanol–water partition coefficient (Wildman–Crippen LogP) is 2.56. The van der Waals surface area contributed by atoms with E-state index >= 15 is 0 Å². The second-order valence-electron chi connectivity index (χ2n) is 5.08. The Morgan fingerprint density at radius 1 is 1.24 bits per heavy atom. The van der Waals surface area contributed by atoms with Gasteiger partial charge in [-0.2, -0.15) is 15.0 Å². The molecule has 0 radical (unpaired) electrons. The van der Waals surface area contributed by atoms with E-state index in [0.717, 1.165) is 6.42 Å². The maximum absolute atomic E-state index is 5.84. The molecule has 1 unspecified atom stereocenters. The van der Waals surface area contributed by atoms with Gasteiger partial charge in [0.15, 0.2) is 0 Å². The minimum atomic E-state index is 0.211. The van der Waals surface area contributed by atoms with Crippen molar-refractivity contribution >= 4 is 23.5 Å². The third-order valence-corrected chi connectivity index (χ3v) is 3.56. The van der Waals surface area contributed by atoms with Crippen LogP contribution in [0, 0.1) is 5.41 Å². The molecule has 0 aromatic carbocycles. The first kappa shape index (κ1) is 12.4. The molecule has 0 spiro atoms. The Kier molecular flexibility index (Phi) is 3.38. The Morgan fingerprint density at radius 2 is 1.94 bits per heavy atom. The molecule has 17 heavy (non-hydrogen) atoms. The van der Waals surface area contributed by atoms with Crippen molar-refractivity contribution in [2.45, 2.75) is 39.2 Å². The Labute approximate surface area is 106 Å². The molecule has 0 aliphatic heterocycles. The number of halogens is 1. The van der Waals surface area contributed by atoms with Gasteiger partial charge in [0.1, 0.15) is 0 Å². The average Bonchev–Trinajstić information content (AvgIpc) is 2.57. The van der Waals surface area contributed by atoms with E-state index in [9.17, 15) is 0 Å². The van der Waals surface area contributed by atoms with Gasteiger partial charge in [-0.3, -0.25) is 0 Å². The Balaban J connectivity index is 2.15. The highest BCUT2D eigenvalue weighted by Gasteiger charge is 2.34. The largest absolute Gasteiger partial charge is 0.357 e. The minimum absolute atomic E-state index is 0.211. The van der Waals surface area contributed by atoms with E-state index in [2.05, 4.69) is 39.4 Å². The van der Waals surface area contributed by atoms with Gasteiger partial charge in [0.25, 0.3) is 0 Å². The van der Waals surface area contributed by atoms with Crippen molar-refractivity contribution in [3.63, 3.8) is 0 Å². The standard InChI is InChI=1S/C11H18ClN5/c1-11(2)6-4-5-7(11)14-10-16-8(12)15-9(13-3)17-10/h7H,4-6H2,1-3H3,(H2,13,14,15,16,17). The highest BCUT2D eigenvalue weighted by atomic mass is 35.5. The SMILES string of the molecule is CNc1nc(Cl)nc(NC2CCCC2(C)C)n1. The minimum Gasteiger partial charge on any atom is -0.357 e. The predicted molar refractivity (Wildman–Crippen MR) is 69.4 cm³/mol. The molecule has 0 bridgehead atoms. The molecular weight excluding hydrogens is 238 g/mol. The van der Waals surface area contributed by atoms with E-state index in [1.807, 2.05) is 0 Å². The zero-order chi connectivity index (χ0) is 12.5. The lowest BCUT2D eigenvalue weighted by atomic mass is 9.87. The number of nitrogens with zero attached hydrogens (tertiary/aromatic N) is 3. The molecule has 1 aromatic heterocycles. The number of hydrogen-bond donors (Lipinski definition) is 2. The summed E-state index contributed by atoms with van der Waals surface area (Å²) in [6, 6.07) is 0.394. The van der Waals surface area contributed by atoms with E-state index in [1.165, 1.54) is 12.8 Å². The summed E-state index contributed by atoms with van der Waals surface area (Å²) in [5.74, 6) is 1.04. The summed E-state index contributed by atoms with van der Waals surface area (Å²) in [4.78, 5) is 12.3. The van der Waals surface area contributed by atoms with E-state index in [0.29, 0.717) is 17.9 Å². The van der Waals surface area contributed by atoms with Crippen molar-refractivity contribution in [2.24, 2.45) is 5.41 Å². The average molecular weight is 256 g/mol. The van der Waals surface area contributed by atoms with Crippen LogP contribution in [0.5, 0.6) is 0 Å². The van der Waals surface area contributed by atoms with Crippen LogP contribution in [-0.2, 0) is 0 Å². The zero-order valence-corrected chi connectivity index (χ0v) is 11.2. The first-order chi connectivity index (χ1) is 8.01. The number of anilines is 2. The van der Waals surface area contributed by atoms with Crippen LogP contribution in [-0.4, -0.2) is 28.0 Å². The Hall–Kier alpha value is -1.10. The van der Waals surface area contributed by atoms with Crippen LogP contribution in [0.2, 0.25) is 5.28 Å². The van der Waals surface area contributed by atoms with Crippen LogP contribution in [0.3, 0.4) is 0 Å². The molecule has 2 N–H and O–H groups in total. The number of hydrogen-bond acceptors (Lipinski definition) is 5. The normalized spacial score (nSPS) is 22.5. The molecule has 2 rings (SSSR count). The molecular formula is C11H18ClN5. The smallest absolute Gasteiger partial charge is 0.229 e. The summed E-state index contributed by atoms with van der Waals surface area (Å²) >= 11 is 5.84. The number of rotatable bonds is 3. The van der Waals surface area contributed by atoms with E-state index < -0.39 is 0 Å². The fraction of sp³-hybridized carbons (Fsp3) is 0.727. The van der Waals surface area contributed by atoms with Gasteiger partial charge in [-0.05, 0) is 29.9 Å². The second-order valence-corrected chi connectivity index (χ2v) is 5.42. The van der Waals surface area contributed by atoms with Gasteiger partial charge in [-0.1, -0.05) is 20.3 Å². The van der Waals surface area contributed by atoms with Gasteiger partial charge in [-0.15, -0.1) is 0 Å². The monoisotopic (exact) mass is 255 g/mol. The lowest BCUT2D eigenvalue weighted by molar-refractivity contribution is 0.349. The van der Waals surface area contributed by atoms with E-state index in [1.54, 1.807) is 7.05 Å². The maximum atomic E-state index is 5.84. The van der Waals surface area contributed by atoms with Crippen molar-refractivity contribution in [3.05, 3.63) is 5.28 Å². The molecule has 1 aliphatic rings. The number of nitrogens with one attached hydrogen (secondary N) is 2. The van der Waals surface area contributed by atoms with Gasteiger partial charge in [0, 0.05) is 13.1 Å². The van der Waals surface area contributed by atoms with Crippen molar-refractivity contribution in [3.8, 4) is 0 Å². The number of aromatic nitrogens is 3. The first-order valence-corrected chi connectivity index (χ1v) is 6.25. The highest BCUT2D eigenvalue weighted by Crippen LogP contribution is 2.38. The van der Waals surface area contributed by atoms with Crippen LogP contribution < -0.4 is 10.6 Å². The molecule has 1 saturated carbocycles. The molecule has 1 fully saturated rings. The molecule has 6 heteroatoms. The van der Waals surface area contributed by atoms with Gasteiger partial charge in [0.05, 0.1) is 0 Å². The molecule has 1 atom stereocenters. The van der Waals surface area contributed by atoms with Crippen molar-refractivity contribution < 1.29 is 0 Å². The quantitative estimate of drug-likeness (QED) is 0.869. The molecule has 0 saturated heterocycles. The highest BCUT2D eigenvalue weighted by molar-refractivity contribution is 6.28. The third kappa shape index (κ3) is 2.77. The van der Waals surface area contributed by atoms with Crippen molar-refractivity contribution in [2.75, 3.05) is 17.7 Å². The van der Waals surface area contributed by atoms with Crippen molar-refractivity contribution in [1.29, 1.82) is 0 Å². The molecule has 1 heterocycles. The molecule has 0 amide bonds. The van der Waals surface area contributed by atoms with Gasteiger partial charge >= 0.3 is 0 Å². The fourth-order valence-corrected chi connectivity index (χ4v) is 2.44. The lowest BCUT2D eigenvalue weighted by Gasteiger charge is -2.27. The Bertz CT molecular complexity index is 407. The van der Waals surface area contributed by atoms with E-state index in [4.69, 9.17) is 11.6 Å². The van der Waals surface area contributed by atoms with Crippen LogP contribution in [0.4, 0.5) is 11.9 Å². The van der Waals surface area contributed by atoms with Crippen LogP contribution >= 0.6 is 11.6 Å². The summed E-state index contributed by atoms with van der Waals surface area (Å²) < 4.78 is 0. The molecule has 1 aliphatic carbocycles. The molecule has 1 aromatic rings. The summed E-state index contributed by atoms with van der Waals surface area (Å²) in [6.45, 7) is 4.53. The van der Waals surface area contributed by atoms with Crippen molar-refractivity contribution in [1.82, 2.24) is 15.0 Å². The van der Waals surface area contributed by atoms with Crippen LogP contribution in [0.1, 0.15) is 33.1 Å². The summed E-state index contributed by atoms with van der Waals surface area (Å²) in [5.41, 5.74) is 0.277. The third-order valence-electron chi connectivity index (χ3n) is 3.39. The van der Waals surface area contributed by atoms with Gasteiger partial charge in [-0.25, -0.2) is 0 Å². The Morgan fingerprint density at radius 3 is 2.53 bits per heavy atom. The van der Waals surface area contributed by atoms with Crippen LogP contribution in [0.15, 0.2) is 0 Å². The van der Waals surface area contributed by atoms with Crippen LogP contribution in [0.25, 0.3) is 0 Å². The zero-order valence-electron chi connectivity index (χ0n) is 10.4. The van der Waals surface area contributed by atoms with Gasteiger partial charge in [0.2, 0.25) is 17.2 Å². The fourth-order valence-electron chi connectivity index (χ4n) is 2.28. The van der Waals surface area contributed by atoms with E-state index in [-0.39, 0.29) is 10.7 Å². The van der Waals surface area contributed by atoms with Gasteiger partial charge < -0.3 is 10.6 Å². The summed E-state index contributed by atoms with van der Waals surface area (Å²) in [7, 11) is 1.76. The summed E-state index contributed by atoms with van der Waals surface area (Å²) in [5, 5.41) is 6.44. The molecule has 5 nitrogen and oxygen atoms in total. The topological polar surface area (TPSA) is 62.7 Å². The maximum Gasteiger partial charge on any atom is 0.229 e. The molecule has 94 valence electrons. The summed E-state index contributed by atoms with van der Waals surface area (Å²) in [6.07, 6.45) is 3.61.